The maximum absolute atomic E-state index is 8.90. The second kappa shape index (κ2) is 5.53. The van der Waals surface area contributed by atoms with Gasteiger partial charge in [-0.05, 0) is 5.92 Å². The van der Waals surface area contributed by atoms with Crippen LogP contribution in [0.1, 0.15) is 24.7 Å². The molecule has 0 aliphatic carbocycles. The third kappa shape index (κ3) is 2.57. The summed E-state index contributed by atoms with van der Waals surface area (Å²) < 4.78 is 1.74. The SMILES string of the molecule is CCC(CBr)Cn1cnc(C#N)c1C#N. The third-order valence-corrected chi connectivity index (χ3v) is 3.22. The zero-order valence-corrected chi connectivity index (χ0v) is 10.0. The van der Waals surface area contributed by atoms with E-state index in [1.807, 2.05) is 12.1 Å². The van der Waals surface area contributed by atoms with Crippen LogP contribution in [0.5, 0.6) is 0 Å². The average Bonchev–Trinajstić information content (AvgIpc) is 2.67. The molecule has 4 nitrogen and oxygen atoms in total. The van der Waals surface area contributed by atoms with E-state index in [1.54, 1.807) is 10.9 Å². The molecule has 1 unspecified atom stereocenters. The van der Waals surface area contributed by atoms with Crippen molar-refractivity contribution in [2.45, 2.75) is 19.9 Å². The summed E-state index contributed by atoms with van der Waals surface area (Å²) >= 11 is 3.42. The zero-order chi connectivity index (χ0) is 11.3. The summed E-state index contributed by atoms with van der Waals surface area (Å²) in [5.74, 6) is 0.456. The van der Waals surface area contributed by atoms with Crippen molar-refractivity contribution in [2.24, 2.45) is 5.92 Å². The minimum Gasteiger partial charge on any atom is -0.321 e. The van der Waals surface area contributed by atoms with Crippen molar-refractivity contribution in [3.8, 4) is 12.1 Å². The van der Waals surface area contributed by atoms with Crippen LogP contribution in [0.2, 0.25) is 0 Å². The molecule has 0 fully saturated rings. The zero-order valence-electron chi connectivity index (χ0n) is 8.44. The van der Waals surface area contributed by atoms with Crippen molar-refractivity contribution >= 4 is 15.9 Å². The van der Waals surface area contributed by atoms with Gasteiger partial charge in [-0.15, -0.1) is 0 Å². The topological polar surface area (TPSA) is 65.4 Å². The average molecular weight is 267 g/mol. The summed E-state index contributed by atoms with van der Waals surface area (Å²) in [4.78, 5) is 3.89. The first kappa shape index (κ1) is 11.7. The maximum Gasteiger partial charge on any atom is 0.176 e. The minimum atomic E-state index is 0.210. The lowest BCUT2D eigenvalue weighted by Gasteiger charge is -2.12. The van der Waals surface area contributed by atoms with Crippen LogP contribution in [-0.4, -0.2) is 14.9 Å². The van der Waals surface area contributed by atoms with Crippen LogP contribution in [-0.2, 0) is 6.54 Å². The summed E-state index contributed by atoms with van der Waals surface area (Å²) in [5.41, 5.74) is 0.568. The van der Waals surface area contributed by atoms with Gasteiger partial charge in [-0.2, -0.15) is 10.5 Å². The molecule has 0 saturated heterocycles. The Morgan fingerprint density at radius 2 is 2.27 bits per heavy atom. The Morgan fingerprint density at radius 1 is 1.53 bits per heavy atom. The third-order valence-electron chi connectivity index (χ3n) is 2.30. The van der Waals surface area contributed by atoms with Crippen LogP contribution in [0, 0.1) is 28.6 Å². The summed E-state index contributed by atoms with van der Waals surface area (Å²) in [5, 5.41) is 18.5. The molecule has 78 valence electrons. The Hall–Kier alpha value is -1.33. The molecule has 0 radical (unpaired) electrons. The first-order valence-electron chi connectivity index (χ1n) is 4.68. The fraction of sp³-hybridized carbons (Fsp3) is 0.500. The van der Waals surface area contributed by atoms with E-state index in [2.05, 4.69) is 27.8 Å². The van der Waals surface area contributed by atoms with Gasteiger partial charge in [0.2, 0.25) is 0 Å². The van der Waals surface area contributed by atoms with Crippen LogP contribution >= 0.6 is 15.9 Å². The predicted octanol–water partition coefficient (Wildman–Crippen LogP) is 2.05. The smallest absolute Gasteiger partial charge is 0.176 e. The second-order valence-electron chi connectivity index (χ2n) is 3.25. The van der Waals surface area contributed by atoms with Gasteiger partial charge < -0.3 is 4.57 Å². The molecule has 0 aliphatic heterocycles. The van der Waals surface area contributed by atoms with Gasteiger partial charge in [0.15, 0.2) is 11.4 Å². The summed E-state index contributed by atoms with van der Waals surface area (Å²) in [6, 6.07) is 3.92. The van der Waals surface area contributed by atoms with Gasteiger partial charge in [0.25, 0.3) is 0 Å². The Morgan fingerprint density at radius 3 is 2.73 bits per heavy atom. The van der Waals surface area contributed by atoms with Gasteiger partial charge in [0.05, 0.1) is 6.33 Å². The molecule has 1 atom stereocenters. The summed E-state index contributed by atoms with van der Waals surface area (Å²) in [6.45, 7) is 2.82. The number of imidazole rings is 1. The van der Waals surface area contributed by atoms with Gasteiger partial charge in [-0.1, -0.05) is 29.3 Å². The summed E-state index contributed by atoms with van der Waals surface area (Å²) in [7, 11) is 0. The van der Waals surface area contributed by atoms with E-state index in [9.17, 15) is 0 Å². The number of halogens is 1. The monoisotopic (exact) mass is 266 g/mol. The fourth-order valence-electron chi connectivity index (χ4n) is 1.28. The normalized spacial score (nSPS) is 11.7. The lowest BCUT2D eigenvalue weighted by Crippen LogP contribution is -2.12. The molecule has 5 heteroatoms. The van der Waals surface area contributed by atoms with Crippen molar-refractivity contribution in [3.05, 3.63) is 17.7 Å². The fourth-order valence-corrected chi connectivity index (χ4v) is 1.95. The van der Waals surface area contributed by atoms with E-state index in [-0.39, 0.29) is 5.69 Å². The Labute approximate surface area is 97.3 Å². The predicted molar refractivity (Wildman–Crippen MR) is 59.2 cm³/mol. The highest BCUT2D eigenvalue weighted by molar-refractivity contribution is 9.09. The molecule has 15 heavy (non-hydrogen) atoms. The molecule has 0 aromatic carbocycles. The highest BCUT2D eigenvalue weighted by Crippen LogP contribution is 2.13. The van der Waals surface area contributed by atoms with E-state index >= 15 is 0 Å². The highest BCUT2D eigenvalue weighted by atomic mass is 79.9. The molecule has 0 aliphatic rings. The largest absolute Gasteiger partial charge is 0.321 e. The Bertz CT molecular complexity index is 406. The quantitative estimate of drug-likeness (QED) is 0.784. The minimum absolute atomic E-state index is 0.210. The van der Waals surface area contributed by atoms with Crippen LogP contribution in [0.3, 0.4) is 0 Å². The van der Waals surface area contributed by atoms with E-state index in [0.29, 0.717) is 11.6 Å². The van der Waals surface area contributed by atoms with Gasteiger partial charge in [0.1, 0.15) is 12.1 Å². The standard InChI is InChI=1S/C10H11BrN4/c1-2-8(3-11)6-15-7-14-9(4-12)10(15)5-13/h7-8H,2-3,6H2,1H3. The molecule has 0 N–H and O–H groups in total. The van der Waals surface area contributed by atoms with Crippen LogP contribution in [0.15, 0.2) is 6.33 Å². The number of nitrogens with zero attached hydrogens (tertiary/aromatic N) is 4. The summed E-state index contributed by atoms with van der Waals surface area (Å²) in [6.07, 6.45) is 2.58. The molecule has 0 bridgehead atoms. The second-order valence-corrected chi connectivity index (χ2v) is 3.89. The molecular weight excluding hydrogens is 256 g/mol. The molecule has 1 rings (SSSR count). The van der Waals surface area contributed by atoms with Crippen molar-refractivity contribution in [2.75, 3.05) is 5.33 Å². The molecule has 0 spiro atoms. The molecule has 0 amide bonds. The lowest BCUT2D eigenvalue weighted by molar-refractivity contribution is 0.476. The van der Waals surface area contributed by atoms with Crippen molar-refractivity contribution in [1.82, 2.24) is 9.55 Å². The van der Waals surface area contributed by atoms with E-state index in [4.69, 9.17) is 10.5 Å². The van der Waals surface area contributed by atoms with Crippen molar-refractivity contribution in [1.29, 1.82) is 10.5 Å². The number of alkyl halides is 1. The van der Waals surface area contributed by atoms with Gasteiger partial charge in [-0.3, -0.25) is 0 Å². The van der Waals surface area contributed by atoms with Gasteiger partial charge >= 0.3 is 0 Å². The van der Waals surface area contributed by atoms with E-state index < -0.39 is 0 Å². The van der Waals surface area contributed by atoms with E-state index in [0.717, 1.165) is 18.3 Å². The lowest BCUT2D eigenvalue weighted by atomic mass is 10.1. The maximum atomic E-state index is 8.90. The number of rotatable bonds is 4. The number of hydrogen-bond acceptors (Lipinski definition) is 3. The van der Waals surface area contributed by atoms with Crippen LogP contribution in [0.25, 0.3) is 0 Å². The van der Waals surface area contributed by atoms with Crippen molar-refractivity contribution in [3.63, 3.8) is 0 Å². The van der Waals surface area contributed by atoms with Gasteiger partial charge in [0, 0.05) is 11.9 Å². The number of aromatic nitrogens is 2. The molecular formula is C10H11BrN4. The Balaban J connectivity index is 2.92. The Kier molecular flexibility index (Phi) is 4.33. The molecule has 0 saturated carbocycles. The van der Waals surface area contributed by atoms with Crippen molar-refractivity contribution < 1.29 is 0 Å². The van der Waals surface area contributed by atoms with Crippen LogP contribution in [0.4, 0.5) is 0 Å². The first-order chi connectivity index (χ1) is 7.26. The molecule has 1 aromatic rings. The van der Waals surface area contributed by atoms with E-state index in [1.165, 1.54) is 0 Å². The van der Waals surface area contributed by atoms with Gasteiger partial charge in [-0.25, -0.2) is 4.98 Å². The first-order valence-corrected chi connectivity index (χ1v) is 5.80. The molecule has 1 heterocycles. The number of hydrogen-bond donors (Lipinski definition) is 0. The van der Waals surface area contributed by atoms with Crippen LogP contribution < -0.4 is 0 Å². The molecule has 1 aromatic heterocycles. The number of nitriles is 2. The highest BCUT2D eigenvalue weighted by Gasteiger charge is 2.13.